The summed E-state index contributed by atoms with van der Waals surface area (Å²) in [6.45, 7) is 0.690. The topological polar surface area (TPSA) is 48.7 Å². The summed E-state index contributed by atoms with van der Waals surface area (Å²) in [6.07, 6.45) is 1.68. The third-order valence-electron chi connectivity index (χ3n) is 1.98. The molecule has 0 unspecified atom stereocenters. The Labute approximate surface area is 102 Å². The van der Waals surface area contributed by atoms with Gasteiger partial charge in [-0.15, -0.1) is 11.3 Å². The highest BCUT2D eigenvalue weighted by molar-refractivity contribution is 7.10. The minimum absolute atomic E-state index is 0.480. The standard InChI is InChI=1S/C11H8ClN3S/c12-11-2-1-9(5-15-11)14-6-10-3-8(4-13)7-16-10/h1-3,5,7,14H,6H2. The number of nitrogens with one attached hydrogen (secondary N) is 1. The minimum atomic E-state index is 0.480. The highest BCUT2D eigenvalue weighted by Gasteiger charge is 1.99. The van der Waals surface area contributed by atoms with E-state index < -0.39 is 0 Å². The lowest BCUT2D eigenvalue weighted by molar-refractivity contribution is 1.17. The van der Waals surface area contributed by atoms with E-state index >= 15 is 0 Å². The van der Waals surface area contributed by atoms with Gasteiger partial charge in [0.25, 0.3) is 0 Å². The molecule has 0 radical (unpaired) electrons. The van der Waals surface area contributed by atoms with E-state index in [4.69, 9.17) is 16.9 Å². The summed E-state index contributed by atoms with van der Waals surface area (Å²) in [7, 11) is 0. The molecule has 0 saturated heterocycles. The maximum atomic E-state index is 8.68. The Balaban J connectivity index is 1.97. The fourth-order valence-corrected chi connectivity index (χ4v) is 2.06. The summed E-state index contributed by atoms with van der Waals surface area (Å²) in [5, 5.41) is 14.2. The van der Waals surface area contributed by atoms with Gasteiger partial charge in [-0.25, -0.2) is 4.98 Å². The maximum absolute atomic E-state index is 8.68. The predicted molar refractivity (Wildman–Crippen MR) is 65.6 cm³/mol. The molecule has 0 saturated carbocycles. The molecule has 0 atom stereocenters. The minimum Gasteiger partial charge on any atom is -0.379 e. The van der Waals surface area contributed by atoms with Crippen LogP contribution in [0.2, 0.25) is 5.15 Å². The van der Waals surface area contributed by atoms with Crippen LogP contribution in [0.3, 0.4) is 0 Å². The monoisotopic (exact) mass is 249 g/mol. The first-order chi connectivity index (χ1) is 7.78. The largest absolute Gasteiger partial charge is 0.379 e. The first kappa shape index (κ1) is 10.9. The van der Waals surface area contributed by atoms with Crippen molar-refractivity contribution < 1.29 is 0 Å². The molecule has 2 rings (SSSR count). The van der Waals surface area contributed by atoms with Gasteiger partial charge in [-0.3, -0.25) is 0 Å². The lowest BCUT2D eigenvalue weighted by Gasteiger charge is -2.03. The van der Waals surface area contributed by atoms with Crippen LogP contribution in [-0.4, -0.2) is 4.98 Å². The lowest BCUT2D eigenvalue weighted by atomic mass is 10.3. The molecule has 2 aromatic rings. The molecule has 0 aliphatic heterocycles. The summed E-state index contributed by atoms with van der Waals surface area (Å²) in [6, 6.07) is 7.59. The summed E-state index contributed by atoms with van der Waals surface area (Å²) in [4.78, 5) is 5.08. The average molecular weight is 250 g/mol. The number of hydrogen-bond acceptors (Lipinski definition) is 4. The van der Waals surface area contributed by atoms with Crippen LogP contribution in [0, 0.1) is 11.3 Å². The Hall–Kier alpha value is -1.57. The molecule has 0 aromatic carbocycles. The summed E-state index contributed by atoms with van der Waals surface area (Å²) in [5.41, 5.74) is 1.62. The number of anilines is 1. The van der Waals surface area contributed by atoms with Gasteiger partial charge in [-0.2, -0.15) is 5.26 Å². The zero-order valence-electron chi connectivity index (χ0n) is 8.27. The fraction of sp³-hybridized carbons (Fsp3) is 0.0909. The Kier molecular flexibility index (Phi) is 3.40. The number of halogens is 1. The molecule has 0 amide bonds. The maximum Gasteiger partial charge on any atom is 0.129 e. The zero-order chi connectivity index (χ0) is 11.4. The third kappa shape index (κ3) is 2.72. The van der Waals surface area contributed by atoms with Crippen molar-refractivity contribution in [2.24, 2.45) is 0 Å². The Bertz CT molecular complexity index is 513. The molecule has 5 heteroatoms. The van der Waals surface area contributed by atoms with Crippen molar-refractivity contribution in [1.29, 1.82) is 5.26 Å². The molecule has 1 N–H and O–H groups in total. The predicted octanol–water partition coefficient (Wildman–Crippen LogP) is 3.28. The second-order valence-corrected chi connectivity index (χ2v) is 4.52. The smallest absolute Gasteiger partial charge is 0.129 e. The molecule has 0 fully saturated rings. The molecule has 2 aromatic heterocycles. The van der Waals surface area contributed by atoms with Gasteiger partial charge in [-0.1, -0.05) is 11.6 Å². The van der Waals surface area contributed by atoms with Crippen LogP contribution >= 0.6 is 22.9 Å². The first-order valence-corrected chi connectivity index (χ1v) is 5.86. The Morgan fingerprint density at radius 1 is 1.50 bits per heavy atom. The number of nitriles is 1. The third-order valence-corrected chi connectivity index (χ3v) is 3.14. The van der Waals surface area contributed by atoms with Gasteiger partial charge in [0.2, 0.25) is 0 Å². The van der Waals surface area contributed by atoms with E-state index in [1.54, 1.807) is 23.6 Å². The number of thiophene rings is 1. The second kappa shape index (κ2) is 4.97. The highest BCUT2D eigenvalue weighted by atomic mass is 35.5. The van der Waals surface area contributed by atoms with Gasteiger partial charge in [0.15, 0.2) is 0 Å². The van der Waals surface area contributed by atoms with Gasteiger partial charge in [-0.05, 0) is 18.2 Å². The number of rotatable bonds is 3. The van der Waals surface area contributed by atoms with Crippen molar-refractivity contribution in [2.75, 3.05) is 5.32 Å². The van der Waals surface area contributed by atoms with Gasteiger partial charge >= 0.3 is 0 Å². The molecule has 3 nitrogen and oxygen atoms in total. The van der Waals surface area contributed by atoms with Crippen LogP contribution in [0.15, 0.2) is 29.8 Å². The number of aromatic nitrogens is 1. The van der Waals surface area contributed by atoms with Crippen molar-refractivity contribution in [2.45, 2.75) is 6.54 Å². The zero-order valence-corrected chi connectivity index (χ0v) is 9.85. The molecule has 2 heterocycles. The number of pyridine rings is 1. The molecule has 16 heavy (non-hydrogen) atoms. The molecule has 0 spiro atoms. The van der Waals surface area contributed by atoms with Gasteiger partial charge in [0, 0.05) is 16.8 Å². The second-order valence-electron chi connectivity index (χ2n) is 3.14. The summed E-state index contributed by atoms with van der Waals surface area (Å²) >= 11 is 7.24. The molecule has 0 bridgehead atoms. The van der Waals surface area contributed by atoms with Crippen LogP contribution in [0.4, 0.5) is 5.69 Å². The molecular formula is C11H8ClN3S. The van der Waals surface area contributed by atoms with Crippen molar-refractivity contribution in [3.63, 3.8) is 0 Å². The van der Waals surface area contributed by atoms with E-state index in [9.17, 15) is 0 Å². The fourth-order valence-electron chi connectivity index (χ4n) is 1.20. The van der Waals surface area contributed by atoms with Crippen LogP contribution in [0.5, 0.6) is 0 Å². The normalized spacial score (nSPS) is 9.75. The van der Waals surface area contributed by atoms with Crippen molar-refractivity contribution in [3.8, 4) is 6.07 Å². The van der Waals surface area contributed by atoms with E-state index in [1.807, 2.05) is 17.5 Å². The van der Waals surface area contributed by atoms with E-state index in [-0.39, 0.29) is 0 Å². The van der Waals surface area contributed by atoms with E-state index in [0.29, 0.717) is 17.3 Å². The SMILES string of the molecule is N#Cc1csc(CNc2ccc(Cl)nc2)c1. The molecule has 0 aliphatic carbocycles. The Morgan fingerprint density at radius 3 is 3.00 bits per heavy atom. The first-order valence-electron chi connectivity index (χ1n) is 4.61. The molecule has 80 valence electrons. The number of hydrogen-bond donors (Lipinski definition) is 1. The Morgan fingerprint density at radius 2 is 2.38 bits per heavy atom. The quantitative estimate of drug-likeness (QED) is 0.850. The number of nitrogens with zero attached hydrogens (tertiary/aromatic N) is 2. The van der Waals surface area contributed by atoms with Gasteiger partial charge in [0.1, 0.15) is 11.2 Å². The van der Waals surface area contributed by atoms with E-state index in [0.717, 1.165) is 10.6 Å². The van der Waals surface area contributed by atoms with Crippen LogP contribution < -0.4 is 5.32 Å². The molecule has 0 aliphatic rings. The van der Waals surface area contributed by atoms with E-state index in [2.05, 4.69) is 16.4 Å². The molecular weight excluding hydrogens is 242 g/mol. The van der Waals surface area contributed by atoms with Crippen LogP contribution in [0.25, 0.3) is 0 Å². The average Bonchev–Trinajstić information content (AvgIpc) is 2.76. The summed E-state index contributed by atoms with van der Waals surface area (Å²) in [5.74, 6) is 0. The lowest BCUT2D eigenvalue weighted by Crippen LogP contribution is -1.97. The van der Waals surface area contributed by atoms with Crippen molar-refractivity contribution >= 4 is 28.6 Å². The summed E-state index contributed by atoms with van der Waals surface area (Å²) < 4.78 is 0. The highest BCUT2D eigenvalue weighted by Crippen LogP contribution is 2.16. The van der Waals surface area contributed by atoms with Crippen LogP contribution in [-0.2, 0) is 6.54 Å². The van der Waals surface area contributed by atoms with E-state index in [1.165, 1.54) is 0 Å². The van der Waals surface area contributed by atoms with Crippen molar-refractivity contribution in [1.82, 2.24) is 4.98 Å². The van der Waals surface area contributed by atoms with Gasteiger partial charge in [0.05, 0.1) is 17.4 Å². The van der Waals surface area contributed by atoms with Crippen LogP contribution in [0.1, 0.15) is 10.4 Å². The van der Waals surface area contributed by atoms with Crippen molar-refractivity contribution in [3.05, 3.63) is 45.4 Å². The van der Waals surface area contributed by atoms with Gasteiger partial charge < -0.3 is 5.32 Å².